The lowest BCUT2D eigenvalue weighted by Crippen LogP contribution is -2.38. The predicted octanol–water partition coefficient (Wildman–Crippen LogP) is 2.78. The van der Waals surface area contributed by atoms with E-state index >= 15 is 0 Å². The van der Waals surface area contributed by atoms with Crippen LogP contribution in [-0.4, -0.2) is 29.9 Å². The van der Waals surface area contributed by atoms with Crippen molar-refractivity contribution in [1.29, 1.82) is 0 Å². The molecule has 0 radical (unpaired) electrons. The summed E-state index contributed by atoms with van der Waals surface area (Å²) < 4.78 is 0. The molecule has 3 N–H and O–H groups in total. The molecule has 1 fully saturated rings. The third kappa shape index (κ3) is 3.97. The van der Waals surface area contributed by atoms with Gasteiger partial charge in [0.05, 0.1) is 0 Å². The molecule has 4 nitrogen and oxygen atoms in total. The van der Waals surface area contributed by atoms with E-state index in [1.807, 2.05) is 19.1 Å². The normalized spacial score (nSPS) is 19.4. The van der Waals surface area contributed by atoms with Crippen molar-refractivity contribution >= 4 is 11.6 Å². The summed E-state index contributed by atoms with van der Waals surface area (Å²) in [7, 11) is 0. The monoisotopic (exact) mass is 289 g/mol. The Morgan fingerprint density at radius 2 is 2.19 bits per heavy atom. The maximum absolute atomic E-state index is 11.8. The molecule has 0 saturated carbocycles. The first-order valence-corrected chi connectivity index (χ1v) is 8.06. The van der Waals surface area contributed by atoms with Crippen LogP contribution < -0.4 is 11.1 Å². The van der Waals surface area contributed by atoms with Crippen molar-refractivity contribution in [2.45, 2.75) is 52.1 Å². The Balaban J connectivity index is 2.08. The molecule has 2 rings (SSSR count). The van der Waals surface area contributed by atoms with Gasteiger partial charge in [-0.15, -0.1) is 0 Å². The van der Waals surface area contributed by atoms with Gasteiger partial charge in [0, 0.05) is 30.4 Å². The number of nitrogens with two attached hydrogens (primary N) is 1. The number of nitrogens with one attached hydrogen (secondary N) is 1. The van der Waals surface area contributed by atoms with Gasteiger partial charge < -0.3 is 11.1 Å². The van der Waals surface area contributed by atoms with E-state index in [0.717, 1.165) is 24.3 Å². The van der Waals surface area contributed by atoms with Crippen molar-refractivity contribution < 1.29 is 4.79 Å². The minimum atomic E-state index is -0.0554. The summed E-state index contributed by atoms with van der Waals surface area (Å²) in [5.41, 5.74) is 8.64. The average molecular weight is 289 g/mol. The van der Waals surface area contributed by atoms with E-state index in [-0.39, 0.29) is 5.91 Å². The molecule has 1 heterocycles. The van der Waals surface area contributed by atoms with E-state index < -0.39 is 0 Å². The number of hydrogen-bond donors (Lipinski definition) is 2. The minimum absolute atomic E-state index is 0.0554. The number of nitrogens with zero attached hydrogens (tertiary/aromatic N) is 1. The van der Waals surface area contributed by atoms with Gasteiger partial charge in [-0.25, -0.2) is 0 Å². The number of piperidine rings is 1. The number of benzene rings is 1. The Bertz CT molecular complexity index is 487. The number of anilines is 1. The second kappa shape index (κ2) is 7.46. The van der Waals surface area contributed by atoms with E-state index in [2.05, 4.69) is 17.1 Å². The summed E-state index contributed by atoms with van der Waals surface area (Å²) >= 11 is 0. The van der Waals surface area contributed by atoms with Crippen LogP contribution in [0.2, 0.25) is 0 Å². The number of likely N-dealkylation sites (tertiary alicyclic amines) is 1. The highest BCUT2D eigenvalue weighted by molar-refractivity contribution is 5.95. The molecule has 0 aromatic heterocycles. The van der Waals surface area contributed by atoms with E-state index in [9.17, 15) is 4.79 Å². The smallest absolute Gasteiger partial charge is 0.251 e. The van der Waals surface area contributed by atoms with Gasteiger partial charge in [0.15, 0.2) is 0 Å². The maximum Gasteiger partial charge on any atom is 0.251 e. The summed E-state index contributed by atoms with van der Waals surface area (Å²) in [6, 6.07) is 6.34. The Hall–Kier alpha value is -1.55. The molecule has 0 bridgehead atoms. The molecule has 21 heavy (non-hydrogen) atoms. The molecule has 4 heteroatoms. The van der Waals surface area contributed by atoms with Crippen molar-refractivity contribution in [2.75, 3.05) is 18.8 Å². The maximum atomic E-state index is 11.8. The first-order valence-electron chi connectivity index (χ1n) is 8.06. The van der Waals surface area contributed by atoms with Gasteiger partial charge in [0.25, 0.3) is 5.91 Å². The first-order chi connectivity index (χ1) is 10.2. The van der Waals surface area contributed by atoms with E-state index in [0.29, 0.717) is 18.2 Å². The molecule has 1 unspecified atom stereocenters. The van der Waals surface area contributed by atoms with Gasteiger partial charge in [-0.1, -0.05) is 19.4 Å². The van der Waals surface area contributed by atoms with Crippen LogP contribution in [0.25, 0.3) is 0 Å². The summed E-state index contributed by atoms with van der Waals surface area (Å²) in [5.74, 6) is -0.0554. The molecule has 1 aromatic carbocycles. The zero-order chi connectivity index (χ0) is 15.2. The Morgan fingerprint density at radius 1 is 1.38 bits per heavy atom. The summed E-state index contributed by atoms with van der Waals surface area (Å²) in [5, 5.41) is 2.80. The summed E-state index contributed by atoms with van der Waals surface area (Å²) in [4.78, 5) is 14.3. The number of carbonyl (C=O) groups excluding carboxylic acids is 1. The van der Waals surface area contributed by atoms with Gasteiger partial charge in [-0.2, -0.15) is 0 Å². The molecular formula is C17H27N3O. The van der Waals surface area contributed by atoms with Crippen LogP contribution in [0, 0.1) is 0 Å². The third-order valence-corrected chi connectivity index (χ3v) is 4.34. The number of rotatable bonds is 5. The highest BCUT2D eigenvalue weighted by Gasteiger charge is 2.21. The van der Waals surface area contributed by atoms with Gasteiger partial charge in [-0.05, 0) is 50.4 Å². The highest BCUT2D eigenvalue weighted by Crippen LogP contribution is 2.24. The fourth-order valence-corrected chi connectivity index (χ4v) is 3.09. The van der Waals surface area contributed by atoms with Crippen LogP contribution in [0.1, 0.15) is 55.5 Å². The minimum Gasteiger partial charge on any atom is -0.398 e. The predicted molar refractivity (Wildman–Crippen MR) is 87.2 cm³/mol. The van der Waals surface area contributed by atoms with Crippen LogP contribution in [-0.2, 0) is 6.54 Å². The molecule has 0 spiro atoms. The second-order valence-electron chi connectivity index (χ2n) is 5.80. The standard InChI is InChI=1S/C17H27N3O/c1-3-15-7-5-6-10-20(15)12-14-9-8-13(11-16(14)18)17(21)19-4-2/h8-9,11,15H,3-7,10,12,18H2,1-2H3,(H,19,21). The third-order valence-electron chi connectivity index (χ3n) is 4.34. The van der Waals surface area contributed by atoms with Gasteiger partial charge in [0.1, 0.15) is 0 Å². The van der Waals surface area contributed by atoms with Crippen LogP contribution in [0.4, 0.5) is 5.69 Å². The van der Waals surface area contributed by atoms with Crippen molar-refractivity contribution in [3.05, 3.63) is 29.3 Å². The highest BCUT2D eigenvalue weighted by atomic mass is 16.1. The van der Waals surface area contributed by atoms with Gasteiger partial charge >= 0.3 is 0 Å². The van der Waals surface area contributed by atoms with Crippen molar-refractivity contribution in [1.82, 2.24) is 10.2 Å². The van der Waals surface area contributed by atoms with Crippen molar-refractivity contribution in [3.8, 4) is 0 Å². The Morgan fingerprint density at radius 3 is 2.86 bits per heavy atom. The van der Waals surface area contributed by atoms with E-state index in [1.165, 1.54) is 25.7 Å². The fourth-order valence-electron chi connectivity index (χ4n) is 3.09. The van der Waals surface area contributed by atoms with E-state index in [1.54, 1.807) is 6.07 Å². The zero-order valence-corrected chi connectivity index (χ0v) is 13.2. The largest absolute Gasteiger partial charge is 0.398 e. The first kappa shape index (κ1) is 15.8. The molecule has 116 valence electrons. The molecule has 1 saturated heterocycles. The van der Waals surface area contributed by atoms with Crippen LogP contribution in [0.5, 0.6) is 0 Å². The lowest BCUT2D eigenvalue weighted by atomic mass is 9.98. The lowest BCUT2D eigenvalue weighted by molar-refractivity contribution is 0.0956. The second-order valence-corrected chi connectivity index (χ2v) is 5.80. The number of hydrogen-bond acceptors (Lipinski definition) is 3. The summed E-state index contributed by atoms with van der Waals surface area (Å²) in [6.45, 7) is 6.84. The number of carbonyl (C=O) groups is 1. The van der Waals surface area contributed by atoms with Crippen LogP contribution >= 0.6 is 0 Å². The molecule has 1 atom stereocenters. The van der Waals surface area contributed by atoms with Crippen molar-refractivity contribution in [3.63, 3.8) is 0 Å². The molecule has 1 aromatic rings. The molecule has 1 aliphatic heterocycles. The van der Waals surface area contributed by atoms with Crippen molar-refractivity contribution in [2.24, 2.45) is 0 Å². The number of amides is 1. The van der Waals surface area contributed by atoms with Crippen LogP contribution in [0.15, 0.2) is 18.2 Å². The van der Waals surface area contributed by atoms with E-state index in [4.69, 9.17) is 5.73 Å². The van der Waals surface area contributed by atoms with Gasteiger partial charge in [-0.3, -0.25) is 9.69 Å². The Kier molecular flexibility index (Phi) is 5.62. The molecular weight excluding hydrogens is 262 g/mol. The average Bonchev–Trinajstić information content (AvgIpc) is 2.50. The molecule has 0 aliphatic carbocycles. The van der Waals surface area contributed by atoms with Crippen LogP contribution in [0.3, 0.4) is 0 Å². The molecule has 1 aliphatic rings. The molecule has 1 amide bonds. The topological polar surface area (TPSA) is 58.4 Å². The quantitative estimate of drug-likeness (QED) is 0.820. The Labute approximate surface area is 127 Å². The zero-order valence-electron chi connectivity index (χ0n) is 13.2. The summed E-state index contributed by atoms with van der Waals surface area (Å²) in [6.07, 6.45) is 5.08. The van der Waals surface area contributed by atoms with Gasteiger partial charge in [0.2, 0.25) is 0 Å². The number of nitrogen functional groups attached to an aromatic ring is 1. The fraction of sp³-hybridized carbons (Fsp3) is 0.588. The lowest BCUT2D eigenvalue weighted by Gasteiger charge is -2.35. The SMILES string of the molecule is CCNC(=O)c1ccc(CN2CCCCC2CC)c(N)c1.